The van der Waals surface area contributed by atoms with Gasteiger partial charge in [-0.2, -0.15) is 0 Å². The Morgan fingerprint density at radius 2 is 2.30 bits per heavy atom. The van der Waals surface area contributed by atoms with Gasteiger partial charge in [0.2, 0.25) is 5.91 Å². The second-order valence-electron chi connectivity index (χ2n) is 5.42. The van der Waals surface area contributed by atoms with Crippen LogP contribution in [0.5, 0.6) is 0 Å². The molecule has 1 aromatic heterocycles. The lowest BCUT2D eigenvalue weighted by molar-refractivity contribution is -0.122. The Kier molecular flexibility index (Phi) is 6.01. The molecule has 0 aromatic carbocycles. The van der Waals surface area contributed by atoms with E-state index in [0.717, 1.165) is 51.3 Å². The van der Waals surface area contributed by atoms with Crippen molar-refractivity contribution in [1.82, 2.24) is 25.1 Å². The molecule has 1 fully saturated rings. The summed E-state index contributed by atoms with van der Waals surface area (Å²) in [5.74, 6) is 1.11. The number of amides is 1. The SMILES string of the molecule is CN1CCCN(CC(=O)NCCCc2ncc[nH]2)CC1. The van der Waals surface area contributed by atoms with Gasteiger partial charge in [0.25, 0.3) is 0 Å². The van der Waals surface area contributed by atoms with E-state index < -0.39 is 0 Å². The zero-order valence-electron chi connectivity index (χ0n) is 12.3. The van der Waals surface area contributed by atoms with Crippen molar-refractivity contribution in [2.24, 2.45) is 0 Å². The second-order valence-corrected chi connectivity index (χ2v) is 5.42. The molecular weight excluding hydrogens is 254 g/mol. The Morgan fingerprint density at radius 1 is 1.40 bits per heavy atom. The highest BCUT2D eigenvalue weighted by Gasteiger charge is 2.14. The van der Waals surface area contributed by atoms with Crippen LogP contribution in [0.3, 0.4) is 0 Å². The van der Waals surface area contributed by atoms with E-state index in [-0.39, 0.29) is 5.91 Å². The van der Waals surface area contributed by atoms with Crippen LogP contribution >= 0.6 is 0 Å². The van der Waals surface area contributed by atoms with Gasteiger partial charge in [-0.1, -0.05) is 0 Å². The number of nitrogens with zero attached hydrogens (tertiary/aromatic N) is 3. The molecule has 1 aromatic rings. The Hall–Kier alpha value is -1.40. The molecule has 0 aliphatic carbocycles. The van der Waals surface area contributed by atoms with Crippen molar-refractivity contribution in [1.29, 1.82) is 0 Å². The van der Waals surface area contributed by atoms with Crippen molar-refractivity contribution in [3.8, 4) is 0 Å². The smallest absolute Gasteiger partial charge is 0.234 e. The maximum atomic E-state index is 11.9. The fraction of sp³-hybridized carbons (Fsp3) is 0.714. The summed E-state index contributed by atoms with van der Waals surface area (Å²) in [6, 6.07) is 0. The zero-order valence-corrected chi connectivity index (χ0v) is 12.3. The van der Waals surface area contributed by atoms with Crippen LogP contribution in [0, 0.1) is 0 Å². The number of nitrogens with one attached hydrogen (secondary N) is 2. The lowest BCUT2D eigenvalue weighted by Gasteiger charge is -2.19. The molecule has 112 valence electrons. The van der Waals surface area contributed by atoms with E-state index in [4.69, 9.17) is 0 Å². The first-order valence-electron chi connectivity index (χ1n) is 7.40. The molecule has 2 heterocycles. The maximum absolute atomic E-state index is 11.9. The average molecular weight is 279 g/mol. The quantitative estimate of drug-likeness (QED) is 0.725. The third kappa shape index (κ3) is 5.30. The molecule has 1 aliphatic heterocycles. The van der Waals surface area contributed by atoms with Gasteiger partial charge in [0.15, 0.2) is 0 Å². The van der Waals surface area contributed by atoms with Crippen LogP contribution in [-0.4, -0.2) is 72.0 Å². The minimum absolute atomic E-state index is 0.133. The minimum atomic E-state index is 0.133. The van der Waals surface area contributed by atoms with E-state index in [0.29, 0.717) is 13.1 Å². The highest BCUT2D eigenvalue weighted by Crippen LogP contribution is 2.00. The first-order valence-corrected chi connectivity index (χ1v) is 7.40. The van der Waals surface area contributed by atoms with E-state index in [1.807, 2.05) is 6.20 Å². The van der Waals surface area contributed by atoms with Gasteiger partial charge in [-0.3, -0.25) is 9.69 Å². The van der Waals surface area contributed by atoms with Gasteiger partial charge in [0, 0.05) is 38.4 Å². The molecule has 1 aliphatic rings. The van der Waals surface area contributed by atoms with Crippen LogP contribution in [-0.2, 0) is 11.2 Å². The number of aromatic amines is 1. The van der Waals surface area contributed by atoms with Crippen molar-refractivity contribution in [2.75, 3.05) is 46.3 Å². The van der Waals surface area contributed by atoms with Crippen molar-refractivity contribution in [3.05, 3.63) is 18.2 Å². The minimum Gasteiger partial charge on any atom is -0.355 e. The van der Waals surface area contributed by atoms with Gasteiger partial charge in [-0.05, 0) is 33.0 Å². The predicted octanol–water partition coefficient (Wildman–Crippen LogP) is 0.0960. The molecule has 1 saturated heterocycles. The van der Waals surface area contributed by atoms with E-state index in [2.05, 4.69) is 32.1 Å². The van der Waals surface area contributed by atoms with Gasteiger partial charge in [-0.25, -0.2) is 4.98 Å². The Labute approximate surface area is 120 Å². The Morgan fingerprint density at radius 3 is 3.10 bits per heavy atom. The van der Waals surface area contributed by atoms with Crippen molar-refractivity contribution >= 4 is 5.91 Å². The van der Waals surface area contributed by atoms with Gasteiger partial charge < -0.3 is 15.2 Å². The summed E-state index contributed by atoms with van der Waals surface area (Å²) in [5, 5.41) is 2.99. The van der Waals surface area contributed by atoms with E-state index in [9.17, 15) is 4.79 Å². The molecule has 0 saturated carbocycles. The van der Waals surface area contributed by atoms with Gasteiger partial charge >= 0.3 is 0 Å². The van der Waals surface area contributed by atoms with Crippen LogP contribution in [0.2, 0.25) is 0 Å². The first-order chi connectivity index (χ1) is 9.74. The molecule has 1 amide bonds. The number of carbonyl (C=O) groups is 1. The summed E-state index contributed by atoms with van der Waals surface area (Å²) in [6.07, 6.45) is 6.51. The fourth-order valence-electron chi connectivity index (χ4n) is 2.44. The molecule has 0 spiro atoms. The summed E-state index contributed by atoms with van der Waals surface area (Å²) >= 11 is 0. The highest BCUT2D eigenvalue weighted by molar-refractivity contribution is 5.77. The number of H-pyrrole nitrogens is 1. The molecular formula is C14H25N5O. The number of hydrogen-bond acceptors (Lipinski definition) is 4. The van der Waals surface area contributed by atoms with Crippen molar-refractivity contribution < 1.29 is 4.79 Å². The van der Waals surface area contributed by atoms with Crippen LogP contribution in [0.15, 0.2) is 12.4 Å². The van der Waals surface area contributed by atoms with E-state index >= 15 is 0 Å². The number of aryl methyl sites for hydroxylation is 1. The summed E-state index contributed by atoms with van der Waals surface area (Å²) in [4.78, 5) is 23.7. The lowest BCUT2D eigenvalue weighted by Crippen LogP contribution is -2.39. The maximum Gasteiger partial charge on any atom is 0.234 e. The van der Waals surface area contributed by atoms with E-state index in [1.54, 1.807) is 6.20 Å². The fourth-order valence-corrected chi connectivity index (χ4v) is 2.44. The summed E-state index contributed by atoms with van der Waals surface area (Å²) in [7, 11) is 2.14. The zero-order chi connectivity index (χ0) is 14.2. The molecule has 2 N–H and O–H groups in total. The van der Waals surface area contributed by atoms with Gasteiger partial charge in [0.05, 0.1) is 6.54 Å². The largest absolute Gasteiger partial charge is 0.355 e. The Balaban J connectivity index is 1.57. The van der Waals surface area contributed by atoms with Crippen molar-refractivity contribution in [2.45, 2.75) is 19.3 Å². The molecule has 20 heavy (non-hydrogen) atoms. The Bertz CT molecular complexity index is 392. The predicted molar refractivity (Wildman–Crippen MR) is 78.5 cm³/mol. The summed E-state index contributed by atoms with van der Waals surface area (Å²) < 4.78 is 0. The van der Waals surface area contributed by atoms with E-state index in [1.165, 1.54) is 0 Å². The molecule has 0 bridgehead atoms. The van der Waals surface area contributed by atoms with Crippen LogP contribution in [0.1, 0.15) is 18.7 Å². The third-order valence-corrected chi connectivity index (χ3v) is 3.65. The average Bonchev–Trinajstić information content (AvgIpc) is 2.86. The summed E-state index contributed by atoms with van der Waals surface area (Å²) in [5.41, 5.74) is 0. The third-order valence-electron chi connectivity index (χ3n) is 3.65. The number of carbonyl (C=O) groups excluding carboxylic acids is 1. The van der Waals surface area contributed by atoms with Gasteiger partial charge in [-0.15, -0.1) is 0 Å². The van der Waals surface area contributed by atoms with Crippen LogP contribution in [0.4, 0.5) is 0 Å². The molecule has 6 heteroatoms. The monoisotopic (exact) mass is 279 g/mol. The second kappa shape index (κ2) is 8.01. The number of likely N-dealkylation sites (N-methyl/N-ethyl adjacent to an activating group) is 1. The van der Waals surface area contributed by atoms with Crippen LogP contribution in [0.25, 0.3) is 0 Å². The molecule has 0 radical (unpaired) electrons. The normalized spacial score (nSPS) is 17.9. The topological polar surface area (TPSA) is 64.3 Å². The number of imidazole rings is 1. The first kappa shape index (κ1) is 15.0. The number of hydrogen-bond donors (Lipinski definition) is 2. The highest BCUT2D eigenvalue weighted by atomic mass is 16.2. The van der Waals surface area contributed by atoms with Crippen LogP contribution < -0.4 is 5.32 Å². The van der Waals surface area contributed by atoms with Gasteiger partial charge in [0.1, 0.15) is 5.82 Å². The number of aromatic nitrogens is 2. The molecule has 6 nitrogen and oxygen atoms in total. The molecule has 2 rings (SSSR count). The number of rotatable bonds is 6. The lowest BCUT2D eigenvalue weighted by atomic mass is 10.3. The molecule has 0 unspecified atom stereocenters. The standard InChI is InChI=1S/C14H25N5O/c1-18-8-3-9-19(11-10-18)12-14(20)17-5-2-4-13-15-6-7-16-13/h6-7H,2-5,8-12H2,1H3,(H,15,16)(H,17,20). The molecule has 0 atom stereocenters. The summed E-state index contributed by atoms with van der Waals surface area (Å²) in [6.45, 7) is 5.41. The van der Waals surface area contributed by atoms with Crippen molar-refractivity contribution in [3.63, 3.8) is 0 Å².